The molecule has 0 aliphatic heterocycles. The molecule has 1 aromatic carbocycles. The Morgan fingerprint density at radius 1 is 1.05 bits per heavy atom. The summed E-state index contributed by atoms with van der Waals surface area (Å²) in [4.78, 5) is 0. The van der Waals surface area contributed by atoms with Crippen molar-refractivity contribution in [1.82, 2.24) is 15.4 Å². The highest BCUT2D eigenvalue weighted by Crippen LogP contribution is 2.26. The van der Waals surface area contributed by atoms with E-state index in [-0.39, 0.29) is 0 Å². The van der Waals surface area contributed by atoms with E-state index >= 15 is 0 Å². The van der Waals surface area contributed by atoms with Gasteiger partial charge in [0.2, 0.25) is 5.89 Å². The zero-order valence-electron chi connectivity index (χ0n) is 12.1. The lowest BCUT2D eigenvalue weighted by molar-refractivity contribution is 0.390. The number of hydrogen-bond donors (Lipinski definition) is 0. The van der Waals surface area contributed by atoms with Crippen LogP contribution in [-0.2, 0) is 5.75 Å². The average Bonchev–Trinajstić information content (AvgIpc) is 3.08. The van der Waals surface area contributed by atoms with Crippen molar-refractivity contribution in [3.05, 3.63) is 46.8 Å². The van der Waals surface area contributed by atoms with E-state index in [1.807, 2.05) is 19.1 Å². The molecule has 0 saturated carbocycles. The topological polar surface area (TPSA) is 65.0 Å². The van der Waals surface area contributed by atoms with Crippen molar-refractivity contribution in [3.63, 3.8) is 0 Å². The fraction of sp³-hybridized carbons (Fsp3) is 0.267. The number of aryl methyl sites for hydroxylation is 3. The summed E-state index contributed by atoms with van der Waals surface area (Å²) in [5, 5.41) is 12.5. The van der Waals surface area contributed by atoms with Crippen LogP contribution >= 0.6 is 11.8 Å². The van der Waals surface area contributed by atoms with E-state index in [0.29, 0.717) is 16.9 Å². The molecule has 3 rings (SSSR count). The third-order valence-corrected chi connectivity index (χ3v) is 4.02. The summed E-state index contributed by atoms with van der Waals surface area (Å²) in [7, 11) is 0. The summed E-state index contributed by atoms with van der Waals surface area (Å²) in [6.45, 7) is 6.03. The molecular formula is C15H15N3O2S. The number of nitrogens with zero attached hydrogens (tertiary/aromatic N) is 3. The monoisotopic (exact) mass is 301 g/mol. The minimum Gasteiger partial charge on any atom is -0.411 e. The summed E-state index contributed by atoms with van der Waals surface area (Å²) in [5.74, 6) is 1.95. The predicted molar refractivity (Wildman–Crippen MR) is 80.0 cm³/mol. The standard InChI is InChI=1S/C15H15N3O2S/c1-9-4-5-12(6-10(9)2)14-16-17-15(19-14)21-8-13-7-11(3)18-20-13/h4-7H,8H2,1-3H3. The first-order valence-corrected chi connectivity index (χ1v) is 7.56. The number of rotatable bonds is 4. The maximum absolute atomic E-state index is 5.67. The van der Waals surface area contributed by atoms with E-state index in [2.05, 4.69) is 41.3 Å². The Bertz CT molecular complexity index is 764. The van der Waals surface area contributed by atoms with Crippen molar-refractivity contribution < 1.29 is 8.94 Å². The smallest absolute Gasteiger partial charge is 0.277 e. The molecule has 0 fully saturated rings. The molecule has 0 saturated heterocycles. The third-order valence-electron chi connectivity index (χ3n) is 3.17. The second-order valence-corrected chi connectivity index (χ2v) is 5.82. The molecular weight excluding hydrogens is 286 g/mol. The molecule has 0 spiro atoms. The number of aromatic nitrogens is 3. The van der Waals surface area contributed by atoms with Crippen LogP contribution in [0, 0.1) is 20.8 Å². The Balaban J connectivity index is 1.72. The zero-order chi connectivity index (χ0) is 14.8. The first kappa shape index (κ1) is 13.9. The second-order valence-electron chi connectivity index (χ2n) is 4.90. The van der Waals surface area contributed by atoms with Gasteiger partial charge < -0.3 is 8.94 Å². The maximum Gasteiger partial charge on any atom is 0.277 e. The molecule has 6 heteroatoms. The Labute approximate surface area is 126 Å². The number of thioether (sulfide) groups is 1. The van der Waals surface area contributed by atoms with Gasteiger partial charge in [-0.05, 0) is 44.0 Å². The van der Waals surface area contributed by atoms with Gasteiger partial charge in [0.25, 0.3) is 5.22 Å². The van der Waals surface area contributed by atoms with Crippen LogP contribution in [-0.4, -0.2) is 15.4 Å². The summed E-state index contributed by atoms with van der Waals surface area (Å²) in [6, 6.07) is 7.99. The fourth-order valence-electron chi connectivity index (χ4n) is 1.88. The highest BCUT2D eigenvalue weighted by Gasteiger charge is 2.11. The van der Waals surface area contributed by atoms with E-state index in [1.54, 1.807) is 0 Å². The van der Waals surface area contributed by atoms with Gasteiger partial charge in [-0.1, -0.05) is 23.0 Å². The van der Waals surface area contributed by atoms with Crippen LogP contribution in [0.2, 0.25) is 0 Å². The van der Waals surface area contributed by atoms with Gasteiger partial charge in [-0.2, -0.15) is 0 Å². The Kier molecular flexibility index (Phi) is 3.79. The lowest BCUT2D eigenvalue weighted by Crippen LogP contribution is -1.83. The number of benzene rings is 1. The maximum atomic E-state index is 5.67. The van der Waals surface area contributed by atoms with Gasteiger partial charge in [0.15, 0.2) is 0 Å². The van der Waals surface area contributed by atoms with Gasteiger partial charge in [0.05, 0.1) is 11.4 Å². The van der Waals surface area contributed by atoms with Crippen LogP contribution in [0.4, 0.5) is 0 Å². The molecule has 0 atom stereocenters. The van der Waals surface area contributed by atoms with Crippen LogP contribution in [0.3, 0.4) is 0 Å². The van der Waals surface area contributed by atoms with E-state index in [4.69, 9.17) is 8.94 Å². The van der Waals surface area contributed by atoms with Crippen LogP contribution in [0.5, 0.6) is 0 Å². The first-order chi connectivity index (χ1) is 10.1. The molecule has 108 valence electrons. The molecule has 0 aliphatic carbocycles. The molecule has 0 unspecified atom stereocenters. The lowest BCUT2D eigenvalue weighted by atomic mass is 10.1. The highest BCUT2D eigenvalue weighted by molar-refractivity contribution is 7.98. The normalized spacial score (nSPS) is 11.0. The van der Waals surface area contributed by atoms with E-state index in [9.17, 15) is 0 Å². The molecule has 0 amide bonds. The van der Waals surface area contributed by atoms with Gasteiger partial charge in [-0.25, -0.2) is 0 Å². The molecule has 3 aromatic rings. The second kappa shape index (κ2) is 5.73. The lowest BCUT2D eigenvalue weighted by Gasteiger charge is -2.00. The molecule has 0 aliphatic rings. The predicted octanol–water partition coefficient (Wildman–Crippen LogP) is 3.94. The molecule has 2 heterocycles. The van der Waals surface area contributed by atoms with Gasteiger partial charge in [-0.15, -0.1) is 10.2 Å². The summed E-state index contributed by atoms with van der Waals surface area (Å²) in [5.41, 5.74) is 4.26. The molecule has 5 nitrogen and oxygen atoms in total. The van der Waals surface area contributed by atoms with Crippen molar-refractivity contribution in [2.24, 2.45) is 0 Å². The van der Waals surface area contributed by atoms with Gasteiger partial charge in [0, 0.05) is 11.6 Å². The van der Waals surface area contributed by atoms with Crippen LogP contribution in [0.1, 0.15) is 22.6 Å². The van der Waals surface area contributed by atoms with Crippen molar-refractivity contribution in [2.45, 2.75) is 31.7 Å². The van der Waals surface area contributed by atoms with Crippen molar-refractivity contribution >= 4 is 11.8 Å². The molecule has 0 N–H and O–H groups in total. The molecule has 2 aromatic heterocycles. The van der Waals surface area contributed by atoms with Crippen molar-refractivity contribution in [1.29, 1.82) is 0 Å². The largest absolute Gasteiger partial charge is 0.411 e. The average molecular weight is 301 g/mol. The van der Waals surface area contributed by atoms with Crippen molar-refractivity contribution in [2.75, 3.05) is 0 Å². The number of hydrogen-bond acceptors (Lipinski definition) is 6. The molecule has 21 heavy (non-hydrogen) atoms. The quantitative estimate of drug-likeness (QED) is 0.680. The zero-order valence-corrected chi connectivity index (χ0v) is 12.9. The van der Waals surface area contributed by atoms with Gasteiger partial charge >= 0.3 is 0 Å². The summed E-state index contributed by atoms with van der Waals surface area (Å²) >= 11 is 1.44. The van der Waals surface area contributed by atoms with E-state index in [1.165, 1.54) is 22.9 Å². The van der Waals surface area contributed by atoms with Gasteiger partial charge in [-0.3, -0.25) is 0 Å². The SMILES string of the molecule is Cc1cc(CSc2nnc(-c3ccc(C)c(C)c3)o2)on1. The Morgan fingerprint density at radius 2 is 1.90 bits per heavy atom. The Morgan fingerprint density at radius 3 is 2.62 bits per heavy atom. The third kappa shape index (κ3) is 3.16. The van der Waals surface area contributed by atoms with Crippen LogP contribution < -0.4 is 0 Å². The van der Waals surface area contributed by atoms with Gasteiger partial charge in [0.1, 0.15) is 5.76 Å². The summed E-state index contributed by atoms with van der Waals surface area (Å²) < 4.78 is 10.8. The summed E-state index contributed by atoms with van der Waals surface area (Å²) in [6.07, 6.45) is 0. The van der Waals surface area contributed by atoms with Crippen LogP contribution in [0.25, 0.3) is 11.5 Å². The Hall–Kier alpha value is -2.08. The highest BCUT2D eigenvalue weighted by atomic mass is 32.2. The van der Waals surface area contributed by atoms with E-state index in [0.717, 1.165) is 17.0 Å². The van der Waals surface area contributed by atoms with Crippen LogP contribution in [0.15, 0.2) is 38.4 Å². The minimum atomic E-state index is 0.525. The van der Waals surface area contributed by atoms with Crippen molar-refractivity contribution in [3.8, 4) is 11.5 Å². The molecule has 0 bridgehead atoms. The van der Waals surface area contributed by atoms with E-state index < -0.39 is 0 Å². The minimum absolute atomic E-state index is 0.525. The first-order valence-electron chi connectivity index (χ1n) is 6.58. The fourth-order valence-corrected chi connectivity index (χ4v) is 2.51. The molecule has 0 radical (unpaired) electrons.